The fourth-order valence-electron chi connectivity index (χ4n) is 3.81. The number of carboxylic acids is 2. The Hall–Kier alpha value is -6.18. The van der Waals surface area contributed by atoms with Crippen LogP contribution in [0.3, 0.4) is 0 Å². The molecule has 41 heavy (non-hydrogen) atoms. The van der Waals surface area contributed by atoms with Crippen molar-refractivity contribution < 1.29 is 48.6 Å². The number of allylic oxidation sites excluding steroid dienone is 4. The van der Waals surface area contributed by atoms with E-state index in [2.05, 4.69) is 0 Å². The molecule has 2 heterocycles. The smallest absolute Gasteiger partial charge is 0.335 e. The molecule has 0 spiro atoms. The second kappa shape index (κ2) is 11.3. The van der Waals surface area contributed by atoms with Crippen molar-refractivity contribution in [2.24, 2.45) is 5.92 Å². The highest BCUT2D eigenvalue weighted by Gasteiger charge is 2.40. The third-order valence-electron chi connectivity index (χ3n) is 5.84. The van der Waals surface area contributed by atoms with Crippen molar-refractivity contribution in [1.29, 1.82) is 0 Å². The lowest BCUT2D eigenvalue weighted by molar-refractivity contribution is -0.132. The number of aromatic carboxylic acids is 2. The van der Waals surface area contributed by atoms with E-state index in [1.165, 1.54) is 72.8 Å². The van der Waals surface area contributed by atoms with Gasteiger partial charge in [0.15, 0.2) is 0 Å². The number of nitrogens with one attached hydrogen (secondary N) is 2. The molecule has 2 fully saturated rings. The Kier molecular flexibility index (Phi) is 7.66. The van der Waals surface area contributed by atoms with Gasteiger partial charge in [0.25, 0.3) is 17.7 Å². The summed E-state index contributed by atoms with van der Waals surface area (Å²) >= 11 is 0. The molecule has 1 unspecified atom stereocenters. The summed E-state index contributed by atoms with van der Waals surface area (Å²) in [5.41, 5.74) is -0.502. The van der Waals surface area contributed by atoms with Crippen molar-refractivity contribution in [3.63, 3.8) is 0 Å². The van der Waals surface area contributed by atoms with Crippen molar-refractivity contribution in [2.75, 3.05) is 9.80 Å². The minimum Gasteiger partial charge on any atom is -0.478 e. The highest BCUT2D eigenvalue weighted by atomic mass is 16.4. The first-order valence-corrected chi connectivity index (χ1v) is 11.6. The van der Waals surface area contributed by atoms with Crippen LogP contribution in [0.4, 0.5) is 21.0 Å². The van der Waals surface area contributed by atoms with Crippen LogP contribution in [0.25, 0.3) is 0 Å². The van der Waals surface area contributed by atoms with Gasteiger partial charge in [-0.1, -0.05) is 24.3 Å². The molecule has 4 N–H and O–H groups in total. The van der Waals surface area contributed by atoms with Crippen molar-refractivity contribution in [3.8, 4) is 0 Å². The van der Waals surface area contributed by atoms with E-state index in [9.17, 15) is 38.4 Å². The van der Waals surface area contributed by atoms with E-state index in [1.54, 1.807) is 0 Å². The summed E-state index contributed by atoms with van der Waals surface area (Å²) in [4.78, 5) is 98.3. The molecule has 2 aromatic rings. The molecule has 0 bridgehead atoms. The van der Waals surface area contributed by atoms with Crippen LogP contribution in [0.15, 0.2) is 84.5 Å². The standard InChI is InChI=1S/C27H18N4O10/c32-20-18(22(34)30(26(40)28-20)16-10-6-14(7-11-16)24(36)37)4-2-1-3-5-19-21(33)29-27(41)31(23(19)35)17-12-8-15(9-13-17)25(38)39/h1-13,18H,(H,36,37)(H,38,39)(H,28,32,40)(H,29,33,41). The molecule has 2 aromatic carbocycles. The first-order chi connectivity index (χ1) is 19.5. The van der Waals surface area contributed by atoms with Gasteiger partial charge in [-0.2, -0.15) is 0 Å². The van der Waals surface area contributed by atoms with Gasteiger partial charge in [0.1, 0.15) is 11.5 Å². The molecule has 206 valence electrons. The van der Waals surface area contributed by atoms with Crippen LogP contribution in [0.2, 0.25) is 0 Å². The summed E-state index contributed by atoms with van der Waals surface area (Å²) in [5.74, 6) is -7.57. The van der Waals surface area contributed by atoms with E-state index >= 15 is 0 Å². The molecular weight excluding hydrogens is 540 g/mol. The predicted molar refractivity (Wildman–Crippen MR) is 139 cm³/mol. The van der Waals surface area contributed by atoms with Gasteiger partial charge in [0, 0.05) is 0 Å². The van der Waals surface area contributed by atoms with Crippen LogP contribution >= 0.6 is 0 Å². The number of amides is 8. The number of rotatable bonds is 7. The monoisotopic (exact) mass is 558 g/mol. The summed E-state index contributed by atoms with van der Waals surface area (Å²) in [6.45, 7) is 0. The maximum absolute atomic E-state index is 12.9. The maximum atomic E-state index is 12.9. The highest BCUT2D eigenvalue weighted by molar-refractivity contribution is 6.37. The van der Waals surface area contributed by atoms with Gasteiger partial charge in [0.05, 0.1) is 22.5 Å². The maximum Gasteiger partial charge on any atom is 0.335 e. The minimum atomic E-state index is -1.43. The lowest BCUT2D eigenvalue weighted by Crippen LogP contribution is -2.57. The zero-order valence-electron chi connectivity index (χ0n) is 20.6. The van der Waals surface area contributed by atoms with Gasteiger partial charge in [-0.15, -0.1) is 0 Å². The van der Waals surface area contributed by atoms with Crippen LogP contribution in [-0.4, -0.2) is 57.8 Å². The first-order valence-electron chi connectivity index (χ1n) is 11.6. The summed E-state index contributed by atoms with van der Waals surface area (Å²) in [6, 6.07) is 7.66. The van der Waals surface area contributed by atoms with Gasteiger partial charge < -0.3 is 10.2 Å². The predicted octanol–water partition coefficient (Wildman–Crippen LogP) is 1.60. The van der Waals surface area contributed by atoms with E-state index in [0.717, 1.165) is 6.08 Å². The van der Waals surface area contributed by atoms with Crippen molar-refractivity contribution >= 4 is 59.0 Å². The third-order valence-corrected chi connectivity index (χ3v) is 5.84. The van der Waals surface area contributed by atoms with Crippen molar-refractivity contribution in [3.05, 3.63) is 95.6 Å². The molecule has 1 atom stereocenters. The zero-order valence-corrected chi connectivity index (χ0v) is 20.6. The third kappa shape index (κ3) is 5.65. The molecule has 2 saturated heterocycles. The molecule has 0 saturated carbocycles. The van der Waals surface area contributed by atoms with E-state index in [4.69, 9.17) is 10.2 Å². The Morgan fingerprint density at radius 2 is 1.20 bits per heavy atom. The second-order valence-corrected chi connectivity index (χ2v) is 8.40. The average Bonchev–Trinajstić information content (AvgIpc) is 2.92. The number of benzene rings is 2. The Morgan fingerprint density at radius 1 is 0.683 bits per heavy atom. The van der Waals surface area contributed by atoms with Gasteiger partial charge in [0.2, 0.25) is 5.91 Å². The van der Waals surface area contributed by atoms with Crippen LogP contribution in [-0.2, 0) is 19.2 Å². The van der Waals surface area contributed by atoms with Crippen molar-refractivity contribution in [1.82, 2.24) is 10.6 Å². The topological polar surface area (TPSA) is 208 Å². The first kappa shape index (κ1) is 27.8. The number of anilines is 2. The van der Waals surface area contributed by atoms with Gasteiger partial charge in [-0.25, -0.2) is 29.0 Å². The fraction of sp³-hybridized carbons (Fsp3) is 0.0370. The lowest BCUT2D eigenvalue weighted by atomic mass is 10.0. The van der Waals surface area contributed by atoms with Crippen LogP contribution in [0.5, 0.6) is 0 Å². The summed E-state index contributed by atoms with van der Waals surface area (Å²) in [5, 5.41) is 22.1. The number of carboxylic acid groups (broad SMARTS) is 2. The quantitative estimate of drug-likeness (QED) is 0.167. The molecule has 2 aliphatic rings. The molecule has 0 aliphatic carbocycles. The summed E-state index contributed by atoms with van der Waals surface area (Å²) in [7, 11) is 0. The lowest BCUT2D eigenvalue weighted by Gasteiger charge is -2.28. The van der Waals surface area contributed by atoms with E-state index < -0.39 is 59.1 Å². The molecule has 0 aromatic heterocycles. The molecule has 8 amide bonds. The normalized spacial score (nSPS) is 18.8. The van der Waals surface area contributed by atoms with Gasteiger partial charge in [-0.05, 0) is 54.6 Å². The number of nitrogens with zero attached hydrogens (tertiary/aromatic N) is 2. The average molecular weight is 558 g/mol. The van der Waals surface area contributed by atoms with Crippen LogP contribution in [0.1, 0.15) is 20.7 Å². The van der Waals surface area contributed by atoms with E-state index in [0.29, 0.717) is 9.80 Å². The number of imide groups is 4. The van der Waals surface area contributed by atoms with E-state index in [-0.39, 0.29) is 22.5 Å². The SMILES string of the molecule is O=C1NC(=O)N(c2ccc(C(=O)O)cc2)C(=O)C1=CC=CC=CC1C(=O)NC(=O)N(c2ccc(C(=O)O)cc2)C1=O. The molecule has 2 aliphatic heterocycles. The van der Waals surface area contributed by atoms with E-state index in [1.807, 2.05) is 10.6 Å². The largest absolute Gasteiger partial charge is 0.478 e. The number of barbiturate groups is 2. The Balaban J connectivity index is 1.49. The number of carbonyl (C=O) groups excluding carboxylic acids is 6. The number of urea groups is 2. The number of carbonyl (C=O) groups is 8. The second-order valence-electron chi connectivity index (χ2n) is 8.40. The van der Waals surface area contributed by atoms with Crippen molar-refractivity contribution in [2.45, 2.75) is 0 Å². The Labute approximate surface area is 229 Å². The highest BCUT2D eigenvalue weighted by Crippen LogP contribution is 2.23. The molecular formula is C27H18N4O10. The summed E-state index contributed by atoms with van der Waals surface area (Å²) in [6.07, 6.45) is 6.05. The minimum absolute atomic E-state index is 0.0262. The van der Waals surface area contributed by atoms with Gasteiger partial charge >= 0.3 is 24.0 Å². The Morgan fingerprint density at radius 3 is 1.73 bits per heavy atom. The Bertz CT molecular complexity index is 1600. The van der Waals surface area contributed by atoms with Crippen LogP contribution < -0.4 is 20.4 Å². The number of hydrogen-bond donors (Lipinski definition) is 4. The molecule has 14 nitrogen and oxygen atoms in total. The van der Waals surface area contributed by atoms with Crippen LogP contribution in [0, 0.1) is 5.92 Å². The molecule has 0 radical (unpaired) electrons. The fourth-order valence-corrected chi connectivity index (χ4v) is 3.81. The zero-order chi connectivity index (χ0) is 29.8. The number of hydrogen-bond acceptors (Lipinski definition) is 8. The molecule has 14 heteroatoms. The molecule has 4 rings (SSSR count). The summed E-state index contributed by atoms with van der Waals surface area (Å²) < 4.78 is 0. The van der Waals surface area contributed by atoms with Gasteiger partial charge in [-0.3, -0.25) is 29.8 Å².